The van der Waals surface area contributed by atoms with Crippen molar-refractivity contribution in [1.82, 2.24) is 4.98 Å². The Morgan fingerprint density at radius 3 is 2.95 bits per heavy atom. The second-order valence-corrected chi connectivity index (χ2v) is 5.25. The quantitative estimate of drug-likeness (QED) is 0.826. The number of pyridine rings is 1. The van der Waals surface area contributed by atoms with Crippen LogP contribution in [0.1, 0.15) is 12.0 Å². The minimum absolute atomic E-state index is 0.128. The summed E-state index contributed by atoms with van der Waals surface area (Å²) in [5, 5.41) is 0. The fraction of sp³-hybridized carbons (Fsp3) is 0.417. The molecule has 0 spiro atoms. The summed E-state index contributed by atoms with van der Waals surface area (Å²) in [6.07, 6.45) is 1.72. The lowest BCUT2D eigenvalue weighted by molar-refractivity contribution is -0.145. The normalized spacial score (nSPS) is 18.8. The van der Waals surface area contributed by atoms with E-state index in [9.17, 15) is 9.59 Å². The molecule has 2 heterocycles. The van der Waals surface area contributed by atoms with Gasteiger partial charge in [-0.3, -0.25) is 14.5 Å². The summed E-state index contributed by atoms with van der Waals surface area (Å²) in [6.45, 7) is 2.09. The number of aromatic nitrogens is 1. The van der Waals surface area contributed by atoms with E-state index in [1.165, 1.54) is 12.0 Å². The predicted molar refractivity (Wildman–Crippen MR) is 73.6 cm³/mol. The van der Waals surface area contributed by atoms with Crippen molar-refractivity contribution in [2.45, 2.75) is 13.3 Å². The third kappa shape index (κ3) is 2.42. The monoisotopic (exact) mass is 327 g/mol. The van der Waals surface area contributed by atoms with Crippen LogP contribution >= 0.6 is 15.9 Å². The molecule has 6 nitrogen and oxygen atoms in total. The zero-order valence-corrected chi connectivity index (χ0v) is 12.2. The van der Waals surface area contributed by atoms with Gasteiger partial charge >= 0.3 is 5.97 Å². The number of nitrogen functional groups attached to an aromatic ring is 1. The van der Waals surface area contributed by atoms with Crippen LogP contribution < -0.4 is 10.6 Å². The van der Waals surface area contributed by atoms with Crippen molar-refractivity contribution in [2.24, 2.45) is 5.92 Å². The summed E-state index contributed by atoms with van der Waals surface area (Å²) < 4.78 is 5.45. The van der Waals surface area contributed by atoms with Crippen molar-refractivity contribution in [2.75, 3.05) is 24.3 Å². The lowest BCUT2D eigenvalue weighted by Crippen LogP contribution is -2.28. The van der Waals surface area contributed by atoms with E-state index in [-0.39, 0.29) is 24.8 Å². The van der Waals surface area contributed by atoms with Crippen molar-refractivity contribution < 1.29 is 14.3 Å². The highest BCUT2D eigenvalue weighted by Crippen LogP contribution is 2.32. The van der Waals surface area contributed by atoms with E-state index in [0.29, 0.717) is 11.5 Å². The Balaban J connectivity index is 2.31. The second kappa shape index (κ2) is 5.16. The zero-order chi connectivity index (χ0) is 14.2. The van der Waals surface area contributed by atoms with E-state index in [1.54, 1.807) is 6.20 Å². The van der Waals surface area contributed by atoms with E-state index >= 15 is 0 Å². The number of methoxy groups -OCH3 is 1. The average Bonchev–Trinajstić information content (AvgIpc) is 2.77. The summed E-state index contributed by atoms with van der Waals surface area (Å²) in [4.78, 5) is 29.1. The maximum Gasteiger partial charge on any atom is 0.311 e. The van der Waals surface area contributed by atoms with Crippen molar-refractivity contribution in [1.29, 1.82) is 0 Å². The van der Waals surface area contributed by atoms with Gasteiger partial charge in [-0.15, -0.1) is 0 Å². The molecule has 0 radical (unpaired) electrons. The van der Waals surface area contributed by atoms with Crippen LogP contribution in [0.3, 0.4) is 0 Å². The Kier molecular flexibility index (Phi) is 3.75. The highest BCUT2D eigenvalue weighted by atomic mass is 79.9. The maximum absolute atomic E-state index is 12.0. The van der Waals surface area contributed by atoms with Gasteiger partial charge in [0.25, 0.3) is 0 Å². The standard InChI is InChI=1S/C12H14BrN3O3/c1-6-8(13)4-15-11(10(6)14)16-5-7(3-9(16)17)12(18)19-2/h4,7H,3,5,14H2,1-2H3. The first-order valence-corrected chi connectivity index (χ1v) is 6.53. The molecule has 1 aliphatic rings. The minimum atomic E-state index is -0.456. The number of hydrogen-bond acceptors (Lipinski definition) is 5. The number of halogens is 1. The third-order valence-electron chi connectivity index (χ3n) is 3.22. The lowest BCUT2D eigenvalue weighted by Gasteiger charge is -2.18. The number of carbonyl (C=O) groups excluding carboxylic acids is 2. The fourth-order valence-electron chi connectivity index (χ4n) is 2.03. The van der Waals surface area contributed by atoms with Crippen LogP contribution in [0.2, 0.25) is 0 Å². The Morgan fingerprint density at radius 1 is 1.63 bits per heavy atom. The minimum Gasteiger partial charge on any atom is -0.469 e. The van der Waals surface area contributed by atoms with Gasteiger partial charge in [0.1, 0.15) is 0 Å². The first kappa shape index (κ1) is 13.8. The molecule has 0 aromatic carbocycles. The number of nitrogens with two attached hydrogens (primary N) is 1. The van der Waals surface area contributed by atoms with E-state index in [4.69, 9.17) is 5.73 Å². The molecule has 1 aliphatic heterocycles. The van der Waals surface area contributed by atoms with Gasteiger partial charge in [-0.25, -0.2) is 4.98 Å². The smallest absolute Gasteiger partial charge is 0.311 e. The van der Waals surface area contributed by atoms with Crippen LogP contribution in [0.25, 0.3) is 0 Å². The van der Waals surface area contributed by atoms with Crippen LogP contribution in [0, 0.1) is 12.8 Å². The first-order valence-electron chi connectivity index (χ1n) is 5.74. The molecule has 102 valence electrons. The molecule has 1 unspecified atom stereocenters. The molecule has 1 amide bonds. The summed E-state index contributed by atoms with van der Waals surface area (Å²) in [5.41, 5.74) is 7.23. The van der Waals surface area contributed by atoms with Gasteiger partial charge in [0.2, 0.25) is 5.91 Å². The van der Waals surface area contributed by atoms with Crippen LogP contribution in [0.5, 0.6) is 0 Å². The Bertz CT molecular complexity index is 547. The molecule has 0 aliphatic carbocycles. The molecular weight excluding hydrogens is 314 g/mol. The summed E-state index contributed by atoms with van der Waals surface area (Å²) in [5.74, 6) is -0.612. The van der Waals surface area contributed by atoms with Crippen LogP contribution in [0.15, 0.2) is 10.7 Å². The predicted octanol–water partition coefficient (Wildman–Crippen LogP) is 1.26. The van der Waals surface area contributed by atoms with Gasteiger partial charge in [-0.2, -0.15) is 0 Å². The zero-order valence-electron chi connectivity index (χ0n) is 10.6. The molecule has 2 N–H and O–H groups in total. The molecule has 19 heavy (non-hydrogen) atoms. The third-order valence-corrected chi connectivity index (χ3v) is 4.02. The van der Waals surface area contributed by atoms with Crippen molar-refractivity contribution in [3.63, 3.8) is 0 Å². The fourth-order valence-corrected chi connectivity index (χ4v) is 2.35. The lowest BCUT2D eigenvalue weighted by atomic mass is 10.1. The van der Waals surface area contributed by atoms with Crippen LogP contribution in [0.4, 0.5) is 11.5 Å². The van der Waals surface area contributed by atoms with Gasteiger partial charge in [-0.05, 0) is 28.4 Å². The number of nitrogens with zero attached hydrogens (tertiary/aromatic N) is 2. The first-order chi connectivity index (χ1) is 8.95. The molecule has 0 bridgehead atoms. The van der Waals surface area contributed by atoms with Crippen molar-refractivity contribution in [3.05, 3.63) is 16.2 Å². The second-order valence-electron chi connectivity index (χ2n) is 4.40. The van der Waals surface area contributed by atoms with Crippen LogP contribution in [-0.4, -0.2) is 30.5 Å². The number of rotatable bonds is 2. The van der Waals surface area contributed by atoms with Gasteiger partial charge in [0.15, 0.2) is 5.82 Å². The van der Waals surface area contributed by atoms with Gasteiger partial charge < -0.3 is 10.5 Å². The number of esters is 1. The number of carbonyl (C=O) groups is 2. The molecule has 1 aromatic heterocycles. The molecule has 1 fully saturated rings. The Hall–Kier alpha value is -1.63. The Morgan fingerprint density at radius 2 is 2.32 bits per heavy atom. The molecule has 1 saturated heterocycles. The van der Waals surface area contributed by atoms with Gasteiger partial charge in [0.05, 0.1) is 18.7 Å². The summed E-state index contributed by atoms with van der Waals surface area (Å²) >= 11 is 3.33. The van der Waals surface area contributed by atoms with Gasteiger partial charge in [0, 0.05) is 23.6 Å². The largest absolute Gasteiger partial charge is 0.469 e. The average molecular weight is 328 g/mol. The summed E-state index contributed by atoms with van der Waals surface area (Å²) in [6, 6.07) is 0. The molecule has 1 aromatic rings. The maximum atomic E-state index is 12.0. The SMILES string of the molecule is COC(=O)C1CC(=O)N(c2ncc(Br)c(C)c2N)C1. The molecule has 2 rings (SSSR count). The van der Waals surface area contributed by atoms with E-state index in [2.05, 4.69) is 25.7 Å². The molecular formula is C12H14BrN3O3. The number of amides is 1. The Labute approximate surface area is 119 Å². The van der Waals surface area contributed by atoms with Crippen molar-refractivity contribution in [3.8, 4) is 0 Å². The topological polar surface area (TPSA) is 85.5 Å². The van der Waals surface area contributed by atoms with Crippen molar-refractivity contribution >= 4 is 39.3 Å². The molecule has 0 saturated carbocycles. The van der Waals surface area contributed by atoms with Crippen LogP contribution in [-0.2, 0) is 14.3 Å². The number of anilines is 2. The van der Waals surface area contributed by atoms with E-state index in [1.807, 2.05) is 6.92 Å². The van der Waals surface area contributed by atoms with E-state index < -0.39 is 5.92 Å². The van der Waals surface area contributed by atoms with E-state index in [0.717, 1.165) is 10.0 Å². The van der Waals surface area contributed by atoms with Gasteiger partial charge in [-0.1, -0.05) is 0 Å². The number of ether oxygens (including phenoxy) is 1. The molecule has 1 atom stereocenters. The number of hydrogen-bond donors (Lipinski definition) is 1. The highest BCUT2D eigenvalue weighted by Gasteiger charge is 2.37. The molecule has 7 heteroatoms. The highest BCUT2D eigenvalue weighted by molar-refractivity contribution is 9.10. The summed E-state index contributed by atoms with van der Waals surface area (Å²) in [7, 11) is 1.31.